The van der Waals surface area contributed by atoms with Gasteiger partial charge in [0.25, 0.3) is 5.69 Å². The van der Waals surface area contributed by atoms with Crippen molar-refractivity contribution in [1.82, 2.24) is 0 Å². The van der Waals surface area contributed by atoms with Gasteiger partial charge in [-0.15, -0.1) is 0 Å². The summed E-state index contributed by atoms with van der Waals surface area (Å²) >= 11 is 0. The van der Waals surface area contributed by atoms with E-state index in [2.05, 4.69) is 5.32 Å². The minimum atomic E-state index is -0.430. The van der Waals surface area contributed by atoms with Gasteiger partial charge in [-0.3, -0.25) is 14.9 Å². The maximum absolute atomic E-state index is 12.0. The van der Waals surface area contributed by atoms with Gasteiger partial charge < -0.3 is 5.32 Å². The first kappa shape index (κ1) is 12.5. The first-order valence-corrected chi connectivity index (χ1v) is 6.14. The SMILES string of the molecule is Cc1c(NC(=O)C2CCCC2)cccc1[N+](=O)[O-]. The highest BCUT2D eigenvalue weighted by atomic mass is 16.6. The number of hydrogen-bond donors (Lipinski definition) is 1. The van der Waals surface area contributed by atoms with E-state index < -0.39 is 4.92 Å². The Morgan fingerprint density at radius 1 is 1.39 bits per heavy atom. The molecule has 5 heteroatoms. The molecule has 5 nitrogen and oxygen atoms in total. The maximum Gasteiger partial charge on any atom is 0.274 e. The molecule has 1 aliphatic carbocycles. The summed E-state index contributed by atoms with van der Waals surface area (Å²) in [5.41, 5.74) is 1.09. The predicted molar refractivity (Wildman–Crippen MR) is 68.4 cm³/mol. The quantitative estimate of drug-likeness (QED) is 0.660. The zero-order chi connectivity index (χ0) is 13.1. The Hall–Kier alpha value is -1.91. The number of nitro benzene ring substituents is 1. The zero-order valence-corrected chi connectivity index (χ0v) is 10.3. The largest absolute Gasteiger partial charge is 0.325 e. The molecule has 1 aromatic carbocycles. The van der Waals surface area contributed by atoms with Gasteiger partial charge in [-0.2, -0.15) is 0 Å². The standard InChI is InChI=1S/C13H16N2O3/c1-9-11(7-4-8-12(9)15(17)18)14-13(16)10-5-2-3-6-10/h4,7-8,10H,2-3,5-6H2,1H3,(H,14,16). The number of rotatable bonds is 3. The molecule has 0 aliphatic heterocycles. The second kappa shape index (κ2) is 5.16. The smallest absolute Gasteiger partial charge is 0.274 e. The van der Waals surface area contributed by atoms with Gasteiger partial charge in [0.15, 0.2) is 0 Å². The molecular formula is C13H16N2O3. The molecule has 0 unspecified atom stereocenters. The van der Waals surface area contributed by atoms with Crippen LogP contribution in [-0.4, -0.2) is 10.8 Å². The molecule has 0 bridgehead atoms. The molecule has 1 aliphatic rings. The summed E-state index contributed by atoms with van der Waals surface area (Å²) in [7, 11) is 0. The van der Waals surface area contributed by atoms with Crippen LogP contribution < -0.4 is 5.32 Å². The molecule has 2 rings (SSSR count). The number of anilines is 1. The highest BCUT2D eigenvalue weighted by Crippen LogP contribution is 2.29. The van der Waals surface area contributed by atoms with E-state index >= 15 is 0 Å². The highest BCUT2D eigenvalue weighted by Gasteiger charge is 2.23. The van der Waals surface area contributed by atoms with E-state index in [0.717, 1.165) is 25.7 Å². The minimum Gasteiger partial charge on any atom is -0.325 e. The number of nitrogens with one attached hydrogen (secondary N) is 1. The fourth-order valence-electron chi connectivity index (χ4n) is 2.38. The third kappa shape index (κ3) is 2.50. The summed E-state index contributed by atoms with van der Waals surface area (Å²) in [6.07, 6.45) is 4.01. The lowest BCUT2D eigenvalue weighted by atomic mass is 10.1. The van der Waals surface area contributed by atoms with Gasteiger partial charge in [-0.1, -0.05) is 18.9 Å². The Morgan fingerprint density at radius 3 is 2.67 bits per heavy atom. The van der Waals surface area contributed by atoms with E-state index in [1.807, 2.05) is 0 Å². The van der Waals surface area contributed by atoms with Gasteiger partial charge >= 0.3 is 0 Å². The number of nitrogens with zero attached hydrogens (tertiary/aromatic N) is 1. The molecule has 0 heterocycles. The Morgan fingerprint density at radius 2 is 2.06 bits per heavy atom. The number of benzene rings is 1. The predicted octanol–water partition coefficient (Wildman–Crippen LogP) is 3.03. The van der Waals surface area contributed by atoms with Crippen LogP contribution in [0.4, 0.5) is 11.4 Å². The summed E-state index contributed by atoms with van der Waals surface area (Å²) in [6.45, 7) is 1.66. The van der Waals surface area contributed by atoms with Crippen molar-refractivity contribution in [3.05, 3.63) is 33.9 Å². The second-order valence-electron chi connectivity index (χ2n) is 4.68. The molecule has 1 saturated carbocycles. The maximum atomic E-state index is 12.0. The van der Waals surface area contributed by atoms with Crippen LogP contribution in [0.25, 0.3) is 0 Å². The molecule has 1 fully saturated rings. The van der Waals surface area contributed by atoms with Crippen LogP contribution in [0.3, 0.4) is 0 Å². The van der Waals surface area contributed by atoms with E-state index in [-0.39, 0.29) is 17.5 Å². The van der Waals surface area contributed by atoms with Crippen molar-refractivity contribution in [3.8, 4) is 0 Å². The van der Waals surface area contributed by atoms with Gasteiger partial charge in [0.2, 0.25) is 5.91 Å². The third-order valence-corrected chi connectivity index (χ3v) is 3.49. The van der Waals surface area contributed by atoms with E-state index in [4.69, 9.17) is 0 Å². The van der Waals surface area contributed by atoms with E-state index in [1.54, 1.807) is 19.1 Å². The van der Waals surface area contributed by atoms with Crippen LogP contribution >= 0.6 is 0 Å². The Labute approximate surface area is 105 Å². The summed E-state index contributed by atoms with van der Waals surface area (Å²) in [5, 5.41) is 13.6. The lowest BCUT2D eigenvalue weighted by Gasteiger charge is -2.12. The van der Waals surface area contributed by atoms with Gasteiger partial charge in [-0.25, -0.2) is 0 Å². The molecule has 0 spiro atoms. The lowest BCUT2D eigenvalue weighted by molar-refractivity contribution is -0.385. The molecule has 0 radical (unpaired) electrons. The molecular weight excluding hydrogens is 232 g/mol. The van der Waals surface area contributed by atoms with Crippen LogP contribution in [0.5, 0.6) is 0 Å². The molecule has 1 amide bonds. The van der Waals surface area contributed by atoms with Gasteiger partial charge in [0.05, 0.1) is 16.2 Å². The monoisotopic (exact) mass is 248 g/mol. The van der Waals surface area contributed by atoms with Crippen LogP contribution in [0.1, 0.15) is 31.2 Å². The second-order valence-corrected chi connectivity index (χ2v) is 4.68. The van der Waals surface area contributed by atoms with Crippen LogP contribution in [0.15, 0.2) is 18.2 Å². The summed E-state index contributed by atoms with van der Waals surface area (Å²) in [6, 6.07) is 4.74. The summed E-state index contributed by atoms with van der Waals surface area (Å²) < 4.78 is 0. The molecule has 0 atom stereocenters. The number of carbonyl (C=O) groups excluding carboxylic acids is 1. The van der Waals surface area contributed by atoms with Crippen molar-refractivity contribution < 1.29 is 9.72 Å². The number of amides is 1. The summed E-state index contributed by atoms with van der Waals surface area (Å²) in [5.74, 6) is 0.0414. The van der Waals surface area contributed by atoms with Gasteiger partial charge in [-0.05, 0) is 25.8 Å². The topological polar surface area (TPSA) is 72.2 Å². The minimum absolute atomic E-state index is 0.0175. The molecule has 0 aromatic heterocycles. The zero-order valence-electron chi connectivity index (χ0n) is 10.3. The molecule has 1 aromatic rings. The fraction of sp³-hybridized carbons (Fsp3) is 0.462. The first-order chi connectivity index (χ1) is 8.59. The molecule has 96 valence electrons. The van der Waals surface area contributed by atoms with Gasteiger partial charge in [0, 0.05) is 12.0 Å². The highest BCUT2D eigenvalue weighted by molar-refractivity contribution is 5.93. The average Bonchev–Trinajstić information content (AvgIpc) is 2.85. The molecule has 18 heavy (non-hydrogen) atoms. The van der Waals surface area contributed by atoms with Crippen molar-refractivity contribution in [2.45, 2.75) is 32.6 Å². The molecule has 0 saturated heterocycles. The number of carbonyl (C=O) groups is 1. The fourth-order valence-corrected chi connectivity index (χ4v) is 2.38. The normalized spacial score (nSPS) is 15.6. The first-order valence-electron chi connectivity index (χ1n) is 6.14. The number of nitro groups is 1. The van der Waals surface area contributed by atoms with Crippen molar-refractivity contribution in [2.24, 2.45) is 5.92 Å². The number of hydrogen-bond acceptors (Lipinski definition) is 3. The Balaban J connectivity index is 2.16. The lowest BCUT2D eigenvalue weighted by Crippen LogP contribution is -2.20. The van der Waals surface area contributed by atoms with Crippen LogP contribution in [-0.2, 0) is 4.79 Å². The van der Waals surface area contributed by atoms with Gasteiger partial charge in [0.1, 0.15) is 0 Å². The van der Waals surface area contributed by atoms with E-state index in [0.29, 0.717) is 11.3 Å². The third-order valence-electron chi connectivity index (χ3n) is 3.49. The van der Waals surface area contributed by atoms with Crippen LogP contribution in [0, 0.1) is 23.0 Å². The summed E-state index contributed by atoms with van der Waals surface area (Å²) in [4.78, 5) is 22.3. The van der Waals surface area contributed by atoms with E-state index in [1.165, 1.54) is 6.07 Å². The Kier molecular flexibility index (Phi) is 3.60. The van der Waals surface area contributed by atoms with E-state index in [9.17, 15) is 14.9 Å². The molecule has 1 N–H and O–H groups in total. The van der Waals surface area contributed by atoms with Crippen molar-refractivity contribution in [3.63, 3.8) is 0 Å². The Bertz CT molecular complexity index is 479. The van der Waals surface area contributed by atoms with Crippen molar-refractivity contribution in [1.29, 1.82) is 0 Å². The average molecular weight is 248 g/mol. The van der Waals surface area contributed by atoms with Crippen molar-refractivity contribution >= 4 is 17.3 Å². The van der Waals surface area contributed by atoms with Crippen molar-refractivity contribution in [2.75, 3.05) is 5.32 Å². The van der Waals surface area contributed by atoms with Crippen LogP contribution in [0.2, 0.25) is 0 Å².